The molecule has 0 bridgehead atoms. The van der Waals surface area contributed by atoms with E-state index in [1.807, 2.05) is 55.5 Å². The van der Waals surface area contributed by atoms with Gasteiger partial charge in [0.15, 0.2) is 0 Å². The van der Waals surface area contributed by atoms with Crippen LogP contribution in [0.5, 0.6) is 5.75 Å². The van der Waals surface area contributed by atoms with Gasteiger partial charge >= 0.3 is 0 Å². The second kappa shape index (κ2) is 7.28. The Kier molecular flexibility index (Phi) is 4.43. The number of hydrogen-bond donors (Lipinski definition) is 1. The van der Waals surface area contributed by atoms with E-state index in [0.29, 0.717) is 17.1 Å². The van der Waals surface area contributed by atoms with Crippen LogP contribution in [0.3, 0.4) is 0 Å². The van der Waals surface area contributed by atoms with Crippen LogP contribution in [0.15, 0.2) is 72.0 Å². The van der Waals surface area contributed by atoms with Gasteiger partial charge in [-0.15, -0.1) is 0 Å². The third kappa shape index (κ3) is 2.93. The molecule has 1 amide bonds. The number of anilines is 1. The lowest BCUT2D eigenvalue weighted by Crippen LogP contribution is -2.29. The number of rotatable bonds is 5. The van der Waals surface area contributed by atoms with Crippen LogP contribution in [0.25, 0.3) is 16.8 Å². The molecule has 3 heterocycles. The minimum atomic E-state index is -0.401. The minimum Gasteiger partial charge on any atom is -0.496 e. The van der Waals surface area contributed by atoms with E-state index in [9.17, 15) is 4.79 Å². The van der Waals surface area contributed by atoms with Crippen molar-refractivity contribution < 1.29 is 14.1 Å². The molecule has 7 heteroatoms. The molecule has 0 fully saturated rings. The zero-order chi connectivity index (χ0) is 21.5. The molecule has 0 spiro atoms. The second-order valence-electron chi connectivity index (χ2n) is 7.39. The van der Waals surface area contributed by atoms with Crippen molar-refractivity contribution in [1.29, 1.82) is 0 Å². The zero-order valence-corrected chi connectivity index (χ0v) is 17.1. The van der Waals surface area contributed by atoms with Crippen LogP contribution >= 0.6 is 0 Å². The summed E-state index contributed by atoms with van der Waals surface area (Å²) in [7, 11) is 1.63. The molecule has 1 aliphatic rings. The topological polar surface area (TPSA) is 84.2 Å². The third-order valence-electron chi connectivity index (χ3n) is 5.49. The van der Waals surface area contributed by atoms with Crippen LogP contribution in [0.4, 0.5) is 5.69 Å². The van der Waals surface area contributed by atoms with Crippen molar-refractivity contribution in [3.8, 4) is 17.0 Å². The number of ether oxygens (including phenoxy) is 1. The standard InChI is InChI=1S/C24H20N4O3/c1-14(2)21-20-22(26-25-21)24(29)28(23(20)17-6-4-5-7-19(17)30-3)16-10-8-15(9-11-16)18-12-13-31-27-18/h4-13,23H,1H2,2-3H3,(H,25,26). The lowest BCUT2D eigenvalue weighted by Gasteiger charge is -2.27. The van der Waals surface area contributed by atoms with E-state index >= 15 is 0 Å². The highest BCUT2D eigenvalue weighted by Gasteiger charge is 2.43. The molecule has 2 aromatic carbocycles. The van der Waals surface area contributed by atoms with Crippen LogP contribution in [0, 0.1) is 0 Å². The Hall–Kier alpha value is -4.13. The SMILES string of the molecule is C=C(C)c1n[nH]c2c1C(c1ccccc1OC)N(c1ccc(-c3ccon3)cc1)C2=O. The summed E-state index contributed by atoms with van der Waals surface area (Å²) in [5.74, 6) is 0.548. The van der Waals surface area contributed by atoms with Crippen LogP contribution < -0.4 is 9.64 Å². The molecule has 7 nitrogen and oxygen atoms in total. The minimum absolute atomic E-state index is 0.153. The molecule has 0 saturated heterocycles. The van der Waals surface area contributed by atoms with Gasteiger partial charge in [0.2, 0.25) is 0 Å². The number of carbonyl (C=O) groups excluding carboxylic acids is 1. The fraction of sp³-hybridized carbons (Fsp3) is 0.125. The number of hydrogen-bond acceptors (Lipinski definition) is 5. The van der Waals surface area contributed by atoms with Gasteiger partial charge in [0, 0.05) is 28.4 Å². The molecule has 0 aliphatic carbocycles. The number of methoxy groups -OCH3 is 1. The Morgan fingerprint density at radius 2 is 1.94 bits per heavy atom. The lowest BCUT2D eigenvalue weighted by atomic mass is 9.95. The number of carbonyl (C=O) groups is 1. The van der Waals surface area contributed by atoms with Gasteiger partial charge in [-0.3, -0.25) is 14.8 Å². The average Bonchev–Trinajstić information content (AvgIpc) is 3.52. The molecule has 1 N–H and O–H groups in total. The van der Waals surface area contributed by atoms with E-state index in [1.54, 1.807) is 18.1 Å². The molecule has 1 aliphatic heterocycles. The number of allylic oxidation sites excluding steroid dienone is 1. The maximum Gasteiger partial charge on any atom is 0.277 e. The number of nitrogens with one attached hydrogen (secondary N) is 1. The monoisotopic (exact) mass is 412 g/mol. The first-order chi connectivity index (χ1) is 15.1. The third-order valence-corrected chi connectivity index (χ3v) is 5.49. The maximum atomic E-state index is 13.5. The van der Waals surface area contributed by atoms with Crippen molar-refractivity contribution in [2.24, 2.45) is 0 Å². The van der Waals surface area contributed by atoms with Gasteiger partial charge in [-0.1, -0.05) is 42.1 Å². The van der Waals surface area contributed by atoms with E-state index in [4.69, 9.17) is 9.26 Å². The summed E-state index contributed by atoms with van der Waals surface area (Å²) in [6, 6.07) is 16.8. The van der Waals surface area contributed by atoms with Crippen LogP contribution in [-0.2, 0) is 0 Å². The molecule has 4 aromatic rings. The first-order valence-corrected chi connectivity index (χ1v) is 9.81. The lowest BCUT2D eigenvalue weighted by molar-refractivity contribution is 0.0988. The van der Waals surface area contributed by atoms with Crippen LogP contribution in [0.1, 0.15) is 40.3 Å². The number of nitrogens with zero attached hydrogens (tertiary/aromatic N) is 3. The second-order valence-corrected chi connectivity index (χ2v) is 7.39. The molecule has 5 rings (SSSR count). The van der Waals surface area contributed by atoms with Gasteiger partial charge in [0.25, 0.3) is 5.91 Å². The van der Waals surface area contributed by atoms with E-state index in [1.165, 1.54) is 6.26 Å². The quantitative estimate of drug-likeness (QED) is 0.506. The summed E-state index contributed by atoms with van der Waals surface area (Å²) in [5.41, 5.74) is 6.03. The van der Waals surface area contributed by atoms with Gasteiger partial charge in [-0.25, -0.2) is 0 Å². The average molecular weight is 412 g/mol. The fourth-order valence-corrected chi connectivity index (χ4v) is 4.08. The van der Waals surface area contributed by atoms with E-state index in [2.05, 4.69) is 21.9 Å². The highest BCUT2D eigenvalue weighted by molar-refractivity contribution is 6.11. The van der Waals surface area contributed by atoms with E-state index in [0.717, 1.165) is 33.6 Å². The van der Waals surface area contributed by atoms with Crippen LogP contribution in [-0.4, -0.2) is 28.4 Å². The molecular formula is C24H20N4O3. The Morgan fingerprint density at radius 3 is 2.61 bits per heavy atom. The van der Waals surface area contributed by atoms with Gasteiger partial charge in [-0.2, -0.15) is 5.10 Å². The van der Waals surface area contributed by atoms with Crippen LogP contribution in [0.2, 0.25) is 0 Å². The van der Waals surface area contributed by atoms with Gasteiger partial charge in [-0.05, 0) is 30.7 Å². The Labute approximate surface area is 178 Å². The molecule has 0 saturated carbocycles. The zero-order valence-electron chi connectivity index (χ0n) is 17.1. The molecule has 1 atom stereocenters. The first-order valence-electron chi connectivity index (χ1n) is 9.81. The number of aromatic nitrogens is 3. The number of fused-ring (bicyclic) bond motifs is 1. The van der Waals surface area contributed by atoms with Crippen molar-refractivity contribution in [1.82, 2.24) is 15.4 Å². The highest BCUT2D eigenvalue weighted by Crippen LogP contribution is 2.46. The predicted molar refractivity (Wildman–Crippen MR) is 117 cm³/mol. The van der Waals surface area contributed by atoms with Crippen molar-refractivity contribution in [3.05, 3.63) is 90.0 Å². The van der Waals surface area contributed by atoms with Crippen molar-refractivity contribution in [2.75, 3.05) is 12.0 Å². The molecular weight excluding hydrogens is 392 g/mol. The summed E-state index contributed by atoms with van der Waals surface area (Å²) in [5, 5.41) is 11.3. The fourth-order valence-electron chi connectivity index (χ4n) is 4.08. The summed E-state index contributed by atoms with van der Waals surface area (Å²) >= 11 is 0. The number of aromatic amines is 1. The van der Waals surface area contributed by atoms with E-state index < -0.39 is 6.04 Å². The van der Waals surface area contributed by atoms with Crippen molar-refractivity contribution >= 4 is 17.2 Å². The molecule has 31 heavy (non-hydrogen) atoms. The van der Waals surface area contributed by atoms with E-state index in [-0.39, 0.29) is 5.91 Å². The largest absolute Gasteiger partial charge is 0.496 e. The summed E-state index contributed by atoms with van der Waals surface area (Å²) in [6.07, 6.45) is 1.53. The van der Waals surface area contributed by atoms with Crippen molar-refractivity contribution in [3.63, 3.8) is 0 Å². The Bertz CT molecular complexity index is 1270. The van der Waals surface area contributed by atoms with Crippen molar-refractivity contribution in [2.45, 2.75) is 13.0 Å². The number of H-pyrrole nitrogens is 1. The predicted octanol–water partition coefficient (Wildman–Crippen LogP) is 4.86. The van der Waals surface area contributed by atoms with Gasteiger partial charge in [0.1, 0.15) is 23.4 Å². The number of benzene rings is 2. The number of para-hydroxylation sites is 1. The Balaban J connectivity index is 1.67. The summed E-state index contributed by atoms with van der Waals surface area (Å²) in [6.45, 7) is 5.93. The van der Waals surface area contributed by atoms with Gasteiger partial charge < -0.3 is 9.26 Å². The van der Waals surface area contributed by atoms with Gasteiger partial charge in [0.05, 0.1) is 18.8 Å². The summed E-state index contributed by atoms with van der Waals surface area (Å²) < 4.78 is 10.6. The molecule has 154 valence electrons. The number of amides is 1. The molecule has 2 aromatic heterocycles. The molecule has 1 unspecified atom stereocenters. The maximum absolute atomic E-state index is 13.5. The highest BCUT2D eigenvalue weighted by atomic mass is 16.5. The smallest absolute Gasteiger partial charge is 0.277 e. The first kappa shape index (κ1) is 18.9. The summed E-state index contributed by atoms with van der Waals surface area (Å²) in [4.78, 5) is 15.3. The normalized spacial score (nSPS) is 15.2. The Morgan fingerprint density at radius 1 is 1.16 bits per heavy atom. The molecule has 0 radical (unpaired) electrons.